The number of halogens is 3. The first-order valence-corrected chi connectivity index (χ1v) is 12.0. The van der Waals surface area contributed by atoms with Crippen LogP contribution in [0.2, 0.25) is 15.1 Å². The lowest BCUT2D eigenvalue weighted by Gasteiger charge is -2.37. The summed E-state index contributed by atoms with van der Waals surface area (Å²) in [6.07, 6.45) is 3.41. The van der Waals surface area contributed by atoms with Gasteiger partial charge in [0.1, 0.15) is 18.8 Å². The van der Waals surface area contributed by atoms with Gasteiger partial charge in [-0.2, -0.15) is 10.5 Å². The molecule has 0 bridgehead atoms. The Morgan fingerprint density at radius 3 is 2.28 bits per heavy atom. The van der Waals surface area contributed by atoms with Crippen LogP contribution in [-0.4, -0.2) is 36.3 Å². The van der Waals surface area contributed by atoms with Gasteiger partial charge in [0.2, 0.25) is 0 Å². The van der Waals surface area contributed by atoms with Gasteiger partial charge in [0.05, 0.1) is 23.8 Å². The van der Waals surface area contributed by atoms with Crippen molar-refractivity contribution in [2.45, 2.75) is 39.2 Å². The molecule has 1 atom stereocenters. The van der Waals surface area contributed by atoms with Crippen LogP contribution in [-0.2, 0) is 4.79 Å². The average molecular weight is 495 g/mol. The van der Waals surface area contributed by atoms with Crippen molar-refractivity contribution in [3.05, 3.63) is 63.1 Å². The summed E-state index contributed by atoms with van der Waals surface area (Å²) in [4.78, 5) is 13.5. The topological polar surface area (TPSA) is 44.7 Å². The lowest BCUT2D eigenvalue weighted by molar-refractivity contribution is -0.947. The third-order valence-corrected chi connectivity index (χ3v) is 7.27. The molecule has 1 saturated heterocycles. The van der Waals surface area contributed by atoms with Gasteiger partial charge < -0.3 is 0 Å². The summed E-state index contributed by atoms with van der Waals surface area (Å²) < 4.78 is 0.529. The van der Waals surface area contributed by atoms with Gasteiger partial charge in [-0.1, -0.05) is 60.8 Å². The molecule has 32 heavy (non-hydrogen) atoms. The molecule has 2 heterocycles. The lowest BCUT2D eigenvalue weighted by atomic mass is 9.77. The van der Waals surface area contributed by atoms with Crippen LogP contribution in [0.15, 0.2) is 47.6 Å². The summed E-state index contributed by atoms with van der Waals surface area (Å²) in [6.45, 7) is 5.94. The molecule has 0 saturated carbocycles. The summed E-state index contributed by atoms with van der Waals surface area (Å²) in [5.41, 5.74) is 4.82. The van der Waals surface area contributed by atoms with Crippen LogP contribution in [0.3, 0.4) is 0 Å². The van der Waals surface area contributed by atoms with E-state index in [-0.39, 0.29) is 11.9 Å². The number of amides is 1. The number of nitrogens with zero attached hydrogens (tertiary/aromatic N) is 3. The van der Waals surface area contributed by atoms with Crippen LogP contribution < -0.4 is 10.4 Å². The molecule has 4 rings (SSSR count). The third-order valence-electron chi connectivity index (χ3n) is 6.48. The normalized spacial score (nSPS) is 21.9. The molecule has 2 aliphatic rings. The molecule has 1 fully saturated rings. The summed E-state index contributed by atoms with van der Waals surface area (Å²) in [5, 5.41) is 8.37. The summed E-state index contributed by atoms with van der Waals surface area (Å²) in [5.74, 6) is -0.147. The number of carbonyl (C=O) groups is 1. The van der Waals surface area contributed by atoms with E-state index >= 15 is 0 Å². The Bertz CT molecular complexity index is 1050. The molecular formula is C24H28Cl3N4O+. The molecule has 5 nitrogen and oxygen atoms in total. The van der Waals surface area contributed by atoms with Crippen LogP contribution in [0.25, 0.3) is 0 Å². The van der Waals surface area contributed by atoms with E-state index in [1.54, 1.807) is 12.1 Å². The number of hydrogen-bond donors (Lipinski definition) is 1. The van der Waals surface area contributed by atoms with E-state index in [0.29, 0.717) is 31.1 Å². The van der Waals surface area contributed by atoms with Crippen molar-refractivity contribution in [1.82, 2.24) is 5.43 Å². The fourth-order valence-electron chi connectivity index (χ4n) is 4.75. The molecule has 0 radical (unpaired) electrons. The molecular weight excluding hydrogens is 467 g/mol. The van der Waals surface area contributed by atoms with Crippen LogP contribution >= 0.6 is 34.8 Å². The van der Waals surface area contributed by atoms with Crippen molar-refractivity contribution in [2.24, 2.45) is 10.5 Å². The minimum absolute atomic E-state index is 0.147. The fraction of sp³-hybridized carbons (Fsp3) is 0.417. The first-order chi connectivity index (χ1) is 15.1. The van der Waals surface area contributed by atoms with E-state index in [1.807, 2.05) is 49.2 Å². The molecule has 0 aromatic heterocycles. The van der Waals surface area contributed by atoms with Crippen molar-refractivity contribution in [1.29, 1.82) is 0 Å². The highest BCUT2D eigenvalue weighted by Gasteiger charge is 2.50. The van der Waals surface area contributed by atoms with Gasteiger partial charge in [-0.3, -0.25) is 9.80 Å². The molecule has 1 unspecified atom stereocenters. The number of quaternary nitrogens is 1. The zero-order valence-corrected chi connectivity index (χ0v) is 20.8. The fourth-order valence-corrected chi connectivity index (χ4v) is 5.37. The van der Waals surface area contributed by atoms with E-state index in [1.165, 1.54) is 6.42 Å². The second-order valence-electron chi connectivity index (χ2n) is 9.41. The molecule has 1 amide bonds. The van der Waals surface area contributed by atoms with Gasteiger partial charge in [0, 0.05) is 15.5 Å². The molecule has 170 valence electrons. The minimum atomic E-state index is -0.587. The standard InChI is InChI=1S/C24H27Cl3N4O/c1-24(2)21(23(32)29-31(3)13-5-4-6-14-31)28-30(20-12-11-18(26)15-19(20)27)22(24)16-7-9-17(25)10-8-16/h7-12,15,22H,4-6,13-14H2,1-3H3/p+1. The van der Waals surface area contributed by atoms with E-state index in [2.05, 4.69) is 12.5 Å². The maximum absolute atomic E-state index is 13.5. The number of carbonyl (C=O) groups excluding carboxylic acids is 1. The number of likely N-dealkylation sites (tertiary alicyclic amines) is 1. The summed E-state index contributed by atoms with van der Waals surface area (Å²) >= 11 is 18.8. The molecule has 8 heteroatoms. The Hall–Kier alpha value is -1.79. The Labute approximate surface area is 204 Å². The maximum atomic E-state index is 13.5. The van der Waals surface area contributed by atoms with Gasteiger partial charge in [-0.25, -0.2) is 4.59 Å². The zero-order valence-electron chi connectivity index (χ0n) is 18.5. The molecule has 2 aromatic rings. The molecule has 0 spiro atoms. The van der Waals surface area contributed by atoms with Crippen molar-refractivity contribution in [2.75, 3.05) is 25.1 Å². The van der Waals surface area contributed by atoms with Crippen molar-refractivity contribution >= 4 is 52.1 Å². The quantitative estimate of drug-likeness (QED) is 0.510. The Morgan fingerprint density at radius 1 is 1.03 bits per heavy atom. The van der Waals surface area contributed by atoms with Gasteiger partial charge in [-0.05, 0) is 55.2 Å². The number of hydrogen-bond acceptors (Lipinski definition) is 3. The number of anilines is 1. The van der Waals surface area contributed by atoms with Crippen molar-refractivity contribution in [3.8, 4) is 0 Å². The zero-order chi connectivity index (χ0) is 23.1. The predicted octanol–water partition coefficient (Wildman–Crippen LogP) is 6.25. The highest BCUT2D eigenvalue weighted by atomic mass is 35.5. The Morgan fingerprint density at radius 2 is 1.66 bits per heavy atom. The third kappa shape index (κ3) is 4.49. The molecule has 0 aliphatic carbocycles. The number of rotatable bonds is 4. The van der Waals surface area contributed by atoms with Crippen LogP contribution in [0.1, 0.15) is 44.7 Å². The number of piperidine rings is 1. The van der Waals surface area contributed by atoms with E-state index in [0.717, 1.165) is 31.5 Å². The Kier molecular flexibility index (Phi) is 6.47. The van der Waals surface area contributed by atoms with Crippen molar-refractivity contribution in [3.63, 3.8) is 0 Å². The average Bonchev–Trinajstić information content (AvgIpc) is 3.00. The first kappa shape index (κ1) is 23.4. The van der Waals surface area contributed by atoms with E-state index < -0.39 is 5.41 Å². The number of benzene rings is 2. The maximum Gasteiger partial charge on any atom is 0.312 e. The van der Waals surface area contributed by atoms with Gasteiger partial charge >= 0.3 is 5.91 Å². The van der Waals surface area contributed by atoms with Crippen molar-refractivity contribution < 1.29 is 9.39 Å². The van der Waals surface area contributed by atoms with Crippen LogP contribution in [0, 0.1) is 5.41 Å². The van der Waals surface area contributed by atoms with E-state index in [4.69, 9.17) is 39.9 Å². The van der Waals surface area contributed by atoms with Crippen LogP contribution in [0.5, 0.6) is 0 Å². The monoisotopic (exact) mass is 493 g/mol. The number of nitrogens with one attached hydrogen (secondary N) is 1. The van der Waals surface area contributed by atoms with Crippen LogP contribution in [0.4, 0.5) is 5.69 Å². The van der Waals surface area contributed by atoms with Gasteiger partial charge in [0.15, 0.2) is 0 Å². The molecule has 2 aliphatic heterocycles. The minimum Gasteiger partial charge on any atom is -0.263 e. The number of hydrazone groups is 1. The largest absolute Gasteiger partial charge is 0.312 e. The highest BCUT2D eigenvalue weighted by Crippen LogP contribution is 2.49. The highest BCUT2D eigenvalue weighted by molar-refractivity contribution is 6.42. The second-order valence-corrected chi connectivity index (χ2v) is 10.7. The van der Waals surface area contributed by atoms with Gasteiger partial charge in [-0.15, -0.1) is 0 Å². The predicted molar refractivity (Wildman–Crippen MR) is 132 cm³/mol. The summed E-state index contributed by atoms with van der Waals surface area (Å²) in [7, 11) is 2.07. The summed E-state index contributed by atoms with van der Waals surface area (Å²) in [6, 6.07) is 12.7. The SMILES string of the molecule is CC1(C)C(C(=O)N[N+]2(C)CCCCC2)=NN(c2ccc(Cl)cc2Cl)C1c1ccc(Cl)cc1. The van der Waals surface area contributed by atoms with Gasteiger partial charge in [0.25, 0.3) is 0 Å². The molecule has 2 aromatic carbocycles. The Balaban J connectivity index is 1.76. The lowest BCUT2D eigenvalue weighted by Crippen LogP contribution is -2.61. The van der Waals surface area contributed by atoms with E-state index in [9.17, 15) is 4.79 Å². The second kappa shape index (κ2) is 8.86. The molecule has 1 N–H and O–H groups in total. The smallest absolute Gasteiger partial charge is 0.263 e. The first-order valence-electron chi connectivity index (χ1n) is 10.9.